The van der Waals surface area contributed by atoms with E-state index in [2.05, 4.69) is 15.9 Å². The van der Waals surface area contributed by atoms with Crippen molar-refractivity contribution in [2.45, 2.75) is 0 Å². The largest absolute Gasteiger partial charge is 0.507 e. The van der Waals surface area contributed by atoms with E-state index in [0.717, 1.165) is 0 Å². The van der Waals surface area contributed by atoms with Gasteiger partial charge in [-0.25, -0.2) is 0 Å². The van der Waals surface area contributed by atoms with Crippen molar-refractivity contribution in [1.29, 1.82) is 0 Å². The lowest BCUT2D eigenvalue weighted by Gasteiger charge is -2.04. The molecule has 0 aliphatic rings. The number of allylic oxidation sites excluding steroid dienone is 1. The zero-order valence-electron chi connectivity index (χ0n) is 9.49. The Morgan fingerprint density at radius 3 is 2.87 bits per heavy atom. The highest BCUT2D eigenvalue weighted by Crippen LogP contribution is 2.22. The fourth-order valence-corrected chi connectivity index (χ4v) is 1.32. The van der Waals surface area contributed by atoms with Crippen LogP contribution < -0.4 is 0 Å². The highest BCUT2D eigenvalue weighted by Gasteiger charge is 2.08. The van der Waals surface area contributed by atoms with E-state index in [1.165, 1.54) is 18.3 Å². The third kappa shape index (κ3) is 3.40. The second kappa shape index (κ2) is 4.98. The molecule has 4 heteroatoms. The van der Waals surface area contributed by atoms with Gasteiger partial charge in [-0.2, -0.15) is 0 Å². The second-order valence-electron chi connectivity index (χ2n) is 3.23. The summed E-state index contributed by atoms with van der Waals surface area (Å²) in [6.45, 7) is 0. The van der Waals surface area contributed by atoms with E-state index >= 15 is 0 Å². The first-order chi connectivity index (χ1) is 7.41. The minimum atomic E-state index is -0.507. The third-order valence-electron chi connectivity index (χ3n) is 1.66. The molecule has 0 heterocycles. The summed E-state index contributed by atoms with van der Waals surface area (Å²) in [6.07, 6.45) is 1.39. The molecule has 0 radical (unpaired) electrons. The first-order valence-electron chi connectivity index (χ1n) is 4.80. The summed E-state index contributed by atoms with van der Waals surface area (Å²) in [4.78, 5) is 13.4. The Hall–Kier alpha value is -1.29. The molecule has 0 saturated heterocycles. The van der Waals surface area contributed by atoms with Crippen molar-refractivity contribution in [3.63, 3.8) is 0 Å². The molecule has 0 fully saturated rings. The van der Waals surface area contributed by atoms with Gasteiger partial charge < -0.3 is 10.0 Å². The quantitative estimate of drug-likeness (QED) is 0.678. The van der Waals surface area contributed by atoms with Gasteiger partial charge in [0.05, 0.1) is 6.93 Å². The lowest BCUT2D eigenvalue weighted by atomic mass is 10.1. The first kappa shape index (κ1) is 10.2. The topological polar surface area (TPSA) is 40.5 Å². The summed E-state index contributed by atoms with van der Waals surface area (Å²) in [5, 5.41) is 9.52. The lowest BCUT2D eigenvalue weighted by molar-refractivity contribution is 0.104. The van der Waals surface area contributed by atoms with Crippen molar-refractivity contribution in [2.24, 2.45) is 0 Å². The van der Waals surface area contributed by atoms with Crippen molar-refractivity contribution in [3.8, 4) is 5.75 Å². The number of phenols is 1. The Balaban J connectivity index is 3.10. The maximum atomic E-state index is 11.8. The molecule has 0 amide bonds. The molecule has 15 heavy (non-hydrogen) atoms. The molecule has 1 N–H and O–H groups in total. The molecule has 1 aromatic rings. The molecular formula is C11H12BrNO2. The van der Waals surface area contributed by atoms with Crippen molar-refractivity contribution in [1.82, 2.24) is 4.90 Å². The number of benzene rings is 1. The molecular weight excluding hydrogens is 258 g/mol. The highest BCUT2D eigenvalue weighted by atomic mass is 79.9. The number of phenolic OH excluding ortho intramolecular Hbond substituents is 1. The molecule has 1 rings (SSSR count). The fraction of sp³-hybridized carbons (Fsp3) is 0.182. The zero-order valence-corrected chi connectivity index (χ0v) is 10.1. The molecule has 80 valence electrons. The van der Waals surface area contributed by atoms with Crippen LogP contribution in [0.4, 0.5) is 0 Å². The Labute approximate surface area is 98.6 Å². The van der Waals surface area contributed by atoms with E-state index in [1.807, 2.05) is 0 Å². The molecule has 3 nitrogen and oxygen atoms in total. The minimum Gasteiger partial charge on any atom is -0.507 e. The van der Waals surface area contributed by atoms with E-state index in [0.29, 0.717) is 4.47 Å². The number of nitrogens with zero attached hydrogens (tertiary/aromatic N) is 1. The molecule has 0 bridgehead atoms. The summed E-state index contributed by atoms with van der Waals surface area (Å²) in [5.41, 5.74) is 0.123. The summed E-state index contributed by atoms with van der Waals surface area (Å²) >= 11 is 3.21. The Morgan fingerprint density at radius 2 is 2.27 bits per heavy atom. The maximum absolute atomic E-state index is 11.8. The maximum Gasteiger partial charge on any atom is 0.191 e. The van der Waals surface area contributed by atoms with Crippen LogP contribution in [0.25, 0.3) is 0 Å². The van der Waals surface area contributed by atoms with Crippen molar-refractivity contribution < 1.29 is 11.3 Å². The average molecular weight is 271 g/mol. The van der Waals surface area contributed by atoms with Crippen LogP contribution in [0.5, 0.6) is 5.75 Å². The molecule has 0 saturated carbocycles. The zero-order chi connectivity index (χ0) is 12.3. The normalized spacial score (nSPS) is 12.2. The number of hydrogen-bond acceptors (Lipinski definition) is 3. The highest BCUT2D eigenvalue weighted by molar-refractivity contribution is 9.10. The van der Waals surface area contributed by atoms with E-state index in [9.17, 15) is 9.90 Å². The first-order valence-corrected chi connectivity index (χ1v) is 5.09. The van der Waals surface area contributed by atoms with Crippen molar-refractivity contribution in [2.75, 3.05) is 14.1 Å². The fourth-order valence-electron chi connectivity index (χ4n) is 0.956. The molecule has 0 unspecified atom stereocenters. The third-order valence-corrected chi connectivity index (χ3v) is 2.15. The summed E-state index contributed by atoms with van der Waals surface area (Å²) < 4.78 is 8.24. The van der Waals surface area contributed by atoms with Gasteiger partial charge in [0, 0.05) is 30.8 Å². The van der Waals surface area contributed by atoms with Crippen molar-refractivity contribution >= 4 is 21.7 Å². The van der Waals surface area contributed by atoms with Gasteiger partial charge in [0.1, 0.15) is 5.75 Å². The summed E-state index contributed by atoms with van der Waals surface area (Å²) in [6, 6.07) is 4.37. The van der Waals surface area contributed by atoms with Gasteiger partial charge in [-0.05, 0) is 18.2 Å². The van der Waals surface area contributed by atoms with Gasteiger partial charge in [-0.1, -0.05) is 15.9 Å². The predicted molar refractivity (Wildman–Crippen MR) is 63.0 cm³/mol. The SMILES string of the molecule is [2H]/C(=C\N(C)C)C(=O)c1cc(Br)ccc1O. The van der Waals surface area contributed by atoms with Crippen LogP contribution in [-0.4, -0.2) is 29.9 Å². The van der Waals surface area contributed by atoms with E-state index in [-0.39, 0.29) is 17.4 Å². The number of ketones is 1. The summed E-state index contributed by atoms with van der Waals surface area (Å²) in [7, 11) is 3.45. The van der Waals surface area contributed by atoms with Crippen LogP contribution in [0, 0.1) is 0 Å². The number of rotatable bonds is 3. The van der Waals surface area contributed by atoms with E-state index < -0.39 is 5.78 Å². The van der Waals surface area contributed by atoms with Crippen LogP contribution in [0.15, 0.2) is 34.9 Å². The van der Waals surface area contributed by atoms with E-state index in [1.54, 1.807) is 25.1 Å². The predicted octanol–water partition coefficient (Wildman–Crippen LogP) is 2.41. The Bertz CT molecular complexity index is 444. The lowest BCUT2D eigenvalue weighted by Crippen LogP contribution is -2.03. The molecule has 0 aliphatic carbocycles. The van der Waals surface area contributed by atoms with Crippen LogP contribution in [0.3, 0.4) is 0 Å². The standard InChI is InChI=1S/C11H12BrNO2/c1-13(2)6-5-11(15)9-7-8(12)3-4-10(9)14/h3-7,14H,1-2H3/b6-5+/i5D. The van der Waals surface area contributed by atoms with Crippen LogP contribution in [0.2, 0.25) is 0 Å². The van der Waals surface area contributed by atoms with Gasteiger partial charge in [-0.15, -0.1) is 0 Å². The van der Waals surface area contributed by atoms with Gasteiger partial charge in [0.15, 0.2) is 5.78 Å². The van der Waals surface area contributed by atoms with Gasteiger partial charge in [-0.3, -0.25) is 4.79 Å². The number of carbonyl (C=O) groups excluding carboxylic acids is 1. The molecule has 0 aliphatic heterocycles. The smallest absolute Gasteiger partial charge is 0.191 e. The molecule has 1 aromatic carbocycles. The minimum absolute atomic E-state index is 0.120. The van der Waals surface area contributed by atoms with Gasteiger partial charge in [0.2, 0.25) is 0 Å². The van der Waals surface area contributed by atoms with Crippen LogP contribution in [-0.2, 0) is 0 Å². The number of aromatic hydroxyl groups is 1. The summed E-state index contributed by atoms with van der Waals surface area (Å²) in [5.74, 6) is -0.627. The Kier molecular flexibility index (Phi) is 3.40. The molecule has 0 spiro atoms. The van der Waals surface area contributed by atoms with E-state index in [4.69, 9.17) is 1.37 Å². The monoisotopic (exact) mass is 270 g/mol. The second-order valence-corrected chi connectivity index (χ2v) is 4.14. The molecule has 0 atom stereocenters. The van der Waals surface area contributed by atoms with Gasteiger partial charge in [0.25, 0.3) is 0 Å². The number of hydrogen-bond donors (Lipinski definition) is 1. The van der Waals surface area contributed by atoms with Gasteiger partial charge >= 0.3 is 0 Å². The van der Waals surface area contributed by atoms with Crippen LogP contribution in [0.1, 0.15) is 11.7 Å². The average Bonchev–Trinajstić information content (AvgIpc) is 2.19. The van der Waals surface area contributed by atoms with Crippen molar-refractivity contribution in [3.05, 3.63) is 40.5 Å². The van der Waals surface area contributed by atoms with Crippen LogP contribution >= 0.6 is 15.9 Å². The molecule has 0 aromatic heterocycles. The number of halogens is 1. The number of carbonyl (C=O) groups is 1. The Morgan fingerprint density at radius 1 is 1.60 bits per heavy atom.